The number of ether oxygens (including phenoxy) is 2. The zero-order chi connectivity index (χ0) is 29.4. The van der Waals surface area contributed by atoms with Crippen molar-refractivity contribution in [2.75, 3.05) is 6.54 Å². The Hall–Kier alpha value is -4.99. The second-order valence-electron chi connectivity index (χ2n) is 9.43. The van der Waals surface area contributed by atoms with Gasteiger partial charge in [-0.2, -0.15) is 5.10 Å². The van der Waals surface area contributed by atoms with Gasteiger partial charge in [0.2, 0.25) is 0 Å². The lowest BCUT2D eigenvalue weighted by Crippen LogP contribution is -2.49. The van der Waals surface area contributed by atoms with Crippen LogP contribution < -0.4 is 10.6 Å². The van der Waals surface area contributed by atoms with Crippen LogP contribution in [0.5, 0.6) is 0 Å². The number of amides is 2. The molecule has 10 heteroatoms. The molecule has 2 amide bonds. The van der Waals surface area contributed by atoms with E-state index in [1.165, 1.54) is 18.2 Å². The summed E-state index contributed by atoms with van der Waals surface area (Å²) >= 11 is 0. The number of carbonyl (C=O) groups excluding carboxylic acids is 3. The van der Waals surface area contributed by atoms with Gasteiger partial charge in [0, 0.05) is 36.0 Å². The van der Waals surface area contributed by atoms with E-state index in [0.29, 0.717) is 11.3 Å². The summed E-state index contributed by atoms with van der Waals surface area (Å²) in [6.45, 7) is 3.27. The third-order valence-corrected chi connectivity index (χ3v) is 6.49. The van der Waals surface area contributed by atoms with Crippen LogP contribution >= 0.6 is 0 Å². The van der Waals surface area contributed by atoms with Crippen molar-refractivity contribution in [3.63, 3.8) is 0 Å². The van der Waals surface area contributed by atoms with Crippen LogP contribution in [0.15, 0.2) is 78.9 Å². The van der Waals surface area contributed by atoms with Gasteiger partial charge >= 0.3 is 12.1 Å². The van der Waals surface area contributed by atoms with Crippen LogP contribution in [0.1, 0.15) is 32.9 Å². The van der Waals surface area contributed by atoms with Crippen molar-refractivity contribution in [3.05, 3.63) is 113 Å². The number of hydrogen-bond acceptors (Lipinski definition) is 6. The molecule has 1 atom stereocenters. The molecule has 1 heterocycles. The number of nitrogens with zero attached hydrogens (tertiary/aromatic N) is 2. The van der Waals surface area contributed by atoms with Crippen molar-refractivity contribution in [2.45, 2.75) is 33.1 Å². The fraction of sp³-hybridized carbons (Fsp3) is 0.226. The van der Waals surface area contributed by atoms with Crippen LogP contribution in [-0.4, -0.2) is 40.3 Å². The predicted octanol–water partition coefficient (Wildman–Crippen LogP) is 4.61. The lowest BCUT2D eigenvalue weighted by molar-refractivity contribution is -0.147. The molecule has 0 fully saturated rings. The topological polar surface area (TPSA) is 112 Å². The molecule has 0 aliphatic carbocycles. The van der Waals surface area contributed by atoms with Crippen LogP contribution in [0.4, 0.5) is 9.18 Å². The molecule has 4 aromatic rings. The van der Waals surface area contributed by atoms with Crippen molar-refractivity contribution in [3.8, 4) is 11.1 Å². The van der Waals surface area contributed by atoms with E-state index in [9.17, 15) is 18.8 Å². The standard InChI is InChI=1S/C31H31FN4O5/c1-20-28(21(2)36(3)35-20)25-16-24(14-15-26(25)32)29(37)33-17-27(30(38)40-18-22-10-6-4-7-11-22)34-31(39)41-19-23-12-8-5-9-13-23/h4-16,27H,17-19H2,1-3H3,(H,33,37)(H,34,39)/t27-/m1/s1. The summed E-state index contributed by atoms with van der Waals surface area (Å²) in [6, 6.07) is 20.9. The molecule has 1 aromatic heterocycles. The van der Waals surface area contributed by atoms with E-state index in [-0.39, 0.29) is 30.9 Å². The zero-order valence-electron chi connectivity index (χ0n) is 23.0. The Morgan fingerprint density at radius 3 is 2.10 bits per heavy atom. The number of hydrogen-bond donors (Lipinski definition) is 2. The molecule has 0 saturated heterocycles. The Bertz CT molecular complexity index is 1520. The molecule has 0 spiro atoms. The molecule has 4 rings (SSSR count). The number of rotatable bonds is 10. The van der Waals surface area contributed by atoms with Crippen molar-refractivity contribution in [1.29, 1.82) is 0 Å². The fourth-order valence-electron chi connectivity index (χ4n) is 4.25. The summed E-state index contributed by atoms with van der Waals surface area (Å²) in [5.74, 6) is -1.82. The maximum atomic E-state index is 14.8. The molecular formula is C31H31FN4O5. The number of esters is 1. The number of alkyl carbamates (subject to hydrolysis) is 1. The Balaban J connectivity index is 1.45. The molecule has 0 aliphatic rings. The quantitative estimate of drug-likeness (QED) is 0.275. The number of halogens is 1. The molecule has 0 unspecified atom stereocenters. The van der Waals surface area contributed by atoms with Crippen molar-refractivity contribution in [2.24, 2.45) is 7.05 Å². The molecule has 0 radical (unpaired) electrons. The highest BCUT2D eigenvalue weighted by atomic mass is 19.1. The average molecular weight is 559 g/mol. The molecular weight excluding hydrogens is 527 g/mol. The lowest BCUT2D eigenvalue weighted by atomic mass is 10.0. The second-order valence-corrected chi connectivity index (χ2v) is 9.43. The second kappa shape index (κ2) is 13.4. The van der Waals surface area contributed by atoms with E-state index in [4.69, 9.17) is 9.47 Å². The monoisotopic (exact) mass is 558 g/mol. The van der Waals surface area contributed by atoms with Crippen LogP contribution in [0.25, 0.3) is 11.1 Å². The van der Waals surface area contributed by atoms with Crippen LogP contribution in [0, 0.1) is 19.7 Å². The van der Waals surface area contributed by atoms with E-state index in [0.717, 1.165) is 16.8 Å². The minimum absolute atomic E-state index is 0.00362. The Morgan fingerprint density at radius 1 is 0.902 bits per heavy atom. The SMILES string of the molecule is Cc1nn(C)c(C)c1-c1cc(C(=O)NC[C@@H](NC(=O)OCc2ccccc2)C(=O)OCc2ccccc2)ccc1F. The molecule has 9 nitrogen and oxygen atoms in total. The molecule has 41 heavy (non-hydrogen) atoms. The van der Waals surface area contributed by atoms with Crippen LogP contribution in [-0.2, 0) is 34.5 Å². The molecule has 212 valence electrons. The third kappa shape index (κ3) is 7.57. The minimum Gasteiger partial charge on any atom is -0.459 e. The fourth-order valence-corrected chi connectivity index (χ4v) is 4.25. The first-order valence-electron chi connectivity index (χ1n) is 13.0. The summed E-state index contributed by atoms with van der Waals surface area (Å²) in [5.41, 5.74) is 3.92. The van der Waals surface area contributed by atoms with Gasteiger partial charge in [-0.1, -0.05) is 60.7 Å². The summed E-state index contributed by atoms with van der Waals surface area (Å²) < 4.78 is 27.1. The Morgan fingerprint density at radius 2 is 1.51 bits per heavy atom. The minimum atomic E-state index is -1.24. The van der Waals surface area contributed by atoms with Crippen molar-refractivity contribution < 1.29 is 28.2 Å². The molecule has 3 aromatic carbocycles. The maximum Gasteiger partial charge on any atom is 0.408 e. The van der Waals surface area contributed by atoms with Crippen molar-refractivity contribution in [1.82, 2.24) is 20.4 Å². The predicted molar refractivity (Wildman–Crippen MR) is 150 cm³/mol. The van der Waals surface area contributed by atoms with Gasteiger partial charge < -0.3 is 20.1 Å². The summed E-state index contributed by atoms with van der Waals surface area (Å²) in [7, 11) is 1.76. The van der Waals surface area contributed by atoms with E-state index >= 15 is 0 Å². The summed E-state index contributed by atoms with van der Waals surface area (Å²) in [6.07, 6.45) is -0.851. The van der Waals surface area contributed by atoms with E-state index < -0.39 is 29.8 Å². The van der Waals surface area contributed by atoms with Gasteiger partial charge in [0.1, 0.15) is 25.1 Å². The number of nitrogens with one attached hydrogen (secondary N) is 2. The summed E-state index contributed by atoms with van der Waals surface area (Å²) in [4.78, 5) is 38.5. The number of carbonyl (C=O) groups is 3. The largest absolute Gasteiger partial charge is 0.459 e. The number of aromatic nitrogens is 2. The highest BCUT2D eigenvalue weighted by molar-refractivity contribution is 5.96. The van der Waals surface area contributed by atoms with E-state index in [2.05, 4.69) is 15.7 Å². The van der Waals surface area contributed by atoms with Gasteiger partial charge in [-0.05, 0) is 43.2 Å². The third-order valence-electron chi connectivity index (χ3n) is 6.49. The normalized spacial score (nSPS) is 11.4. The number of aryl methyl sites for hydroxylation is 2. The highest BCUT2D eigenvalue weighted by Gasteiger charge is 2.25. The molecule has 2 N–H and O–H groups in total. The molecule has 0 saturated carbocycles. The van der Waals surface area contributed by atoms with Gasteiger partial charge in [-0.15, -0.1) is 0 Å². The first-order valence-corrected chi connectivity index (χ1v) is 13.0. The zero-order valence-corrected chi connectivity index (χ0v) is 23.0. The molecule has 0 aliphatic heterocycles. The van der Waals surface area contributed by atoms with Gasteiger partial charge in [-0.25, -0.2) is 14.0 Å². The highest BCUT2D eigenvalue weighted by Crippen LogP contribution is 2.29. The Kier molecular flexibility index (Phi) is 9.47. The maximum absolute atomic E-state index is 14.8. The molecule has 0 bridgehead atoms. The first-order chi connectivity index (χ1) is 19.7. The smallest absolute Gasteiger partial charge is 0.408 e. The summed E-state index contributed by atoms with van der Waals surface area (Å²) in [5, 5.41) is 9.44. The number of benzene rings is 3. The van der Waals surface area contributed by atoms with E-state index in [1.54, 1.807) is 42.9 Å². The average Bonchev–Trinajstić information content (AvgIpc) is 3.24. The first kappa shape index (κ1) is 29.0. The van der Waals surface area contributed by atoms with Gasteiger partial charge in [-0.3, -0.25) is 9.48 Å². The van der Waals surface area contributed by atoms with Gasteiger partial charge in [0.25, 0.3) is 5.91 Å². The van der Waals surface area contributed by atoms with E-state index in [1.807, 2.05) is 43.3 Å². The Labute approximate surface area is 237 Å². The van der Waals surface area contributed by atoms with Crippen LogP contribution in [0.2, 0.25) is 0 Å². The van der Waals surface area contributed by atoms with Gasteiger partial charge in [0.05, 0.1) is 5.69 Å². The van der Waals surface area contributed by atoms with Crippen molar-refractivity contribution >= 4 is 18.0 Å². The van der Waals surface area contributed by atoms with Crippen LogP contribution in [0.3, 0.4) is 0 Å². The van der Waals surface area contributed by atoms with Gasteiger partial charge in [0.15, 0.2) is 0 Å². The lowest BCUT2D eigenvalue weighted by Gasteiger charge is -2.18.